The summed E-state index contributed by atoms with van der Waals surface area (Å²) in [6, 6.07) is 0. The summed E-state index contributed by atoms with van der Waals surface area (Å²) >= 11 is 0. The second-order valence-electron chi connectivity index (χ2n) is 2.27. The molecule has 0 N–H and O–H groups in total. The fourth-order valence-electron chi connectivity index (χ4n) is 0.608. The average molecular weight is 150 g/mol. The number of hydrogen-bond donors (Lipinski definition) is 0. The van der Waals surface area contributed by atoms with Crippen molar-refractivity contribution in [3.8, 4) is 11.8 Å². The quantitative estimate of drug-likeness (QED) is 0.261. The summed E-state index contributed by atoms with van der Waals surface area (Å²) in [6.07, 6.45) is 6.23. The molecule has 0 heterocycles. The lowest BCUT2D eigenvalue weighted by molar-refractivity contribution is -0.109. The van der Waals surface area contributed by atoms with Crippen LogP contribution in [0.5, 0.6) is 0 Å². The zero-order valence-electron chi connectivity index (χ0n) is 7.18. The van der Waals surface area contributed by atoms with Crippen molar-refractivity contribution < 1.29 is 4.79 Å². The molecule has 0 saturated carbocycles. The zero-order chi connectivity index (χ0) is 8.53. The molecule has 0 aromatic carbocycles. The van der Waals surface area contributed by atoms with Crippen LogP contribution in [0.4, 0.5) is 0 Å². The van der Waals surface area contributed by atoms with Crippen LogP contribution in [-0.2, 0) is 4.79 Å². The molecule has 0 bridgehead atoms. The van der Waals surface area contributed by atoms with Crippen molar-refractivity contribution in [3.63, 3.8) is 0 Å². The summed E-state index contributed by atoms with van der Waals surface area (Å²) < 4.78 is 0. The van der Waals surface area contributed by atoms with Gasteiger partial charge in [0.15, 0.2) is 0 Å². The molecule has 0 unspecified atom stereocenters. The molecule has 1 heteroatoms. The monoisotopic (exact) mass is 150 g/mol. The Balaban J connectivity index is 3.60. The van der Waals surface area contributed by atoms with E-state index in [0.29, 0.717) is 0 Å². The lowest BCUT2D eigenvalue weighted by atomic mass is 10.2. The largest absolute Gasteiger partial charge is 0.280 e. The van der Waals surface area contributed by atoms with Crippen molar-refractivity contribution >= 4 is 5.78 Å². The van der Waals surface area contributed by atoms with Crippen molar-refractivity contribution in [2.75, 3.05) is 0 Å². The molecule has 0 aliphatic carbocycles. The maximum absolute atomic E-state index is 10.7. The van der Waals surface area contributed by atoms with Gasteiger partial charge in [0.1, 0.15) is 0 Å². The molecular weight excluding hydrogens is 136 g/mol. The van der Waals surface area contributed by atoms with Gasteiger partial charge in [0.2, 0.25) is 5.78 Å². The van der Waals surface area contributed by atoms with Crippen LogP contribution >= 0.6 is 0 Å². The highest BCUT2D eigenvalue weighted by Gasteiger charge is 1.83. The van der Waals surface area contributed by atoms with Crippen LogP contribution in [0.1, 0.15) is 33.1 Å². The van der Waals surface area contributed by atoms with E-state index in [4.69, 9.17) is 0 Å². The lowest BCUT2D eigenvalue weighted by Gasteiger charge is -1.82. The molecule has 0 aromatic rings. The minimum Gasteiger partial charge on any atom is -0.280 e. The normalized spacial score (nSPS) is 9.27. The van der Waals surface area contributed by atoms with Crippen LogP contribution in [0.15, 0.2) is 12.2 Å². The number of rotatable bonds is 3. The Morgan fingerprint density at radius 3 is 2.82 bits per heavy atom. The molecule has 0 spiro atoms. The predicted octanol–water partition coefficient (Wildman–Crippen LogP) is 2.33. The number of unbranched alkanes of at least 4 members (excludes halogenated alkanes) is 2. The van der Waals surface area contributed by atoms with Crippen LogP contribution in [0.3, 0.4) is 0 Å². The van der Waals surface area contributed by atoms with Gasteiger partial charge < -0.3 is 0 Å². The number of carbonyl (C=O) groups is 1. The van der Waals surface area contributed by atoms with E-state index in [9.17, 15) is 4.79 Å². The van der Waals surface area contributed by atoms with Crippen molar-refractivity contribution in [2.45, 2.75) is 33.1 Å². The Bertz CT molecular complexity index is 191. The van der Waals surface area contributed by atoms with Gasteiger partial charge in [-0.3, -0.25) is 4.79 Å². The highest BCUT2D eigenvalue weighted by Crippen LogP contribution is 1.90. The number of ketones is 1. The molecule has 0 radical (unpaired) electrons. The van der Waals surface area contributed by atoms with Crippen LogP contribution in [0.25, 0.3) is 0 Å². The third-order valence-electron chi connectivity index (χ3n) is 1.18. The van der Waals surface area contributed by atoms with Gasteiger partial charge in [-0.2, -0.15) is 0 Å². The highest BCUT2D eigenvalue weighted by molar-refractivity contribution is 6.04. The van der Waals surface area contributed by atoms with Gasteiger partial charge in [-0.25, -0.2) is 0 Å². The van der Waals surface area contributed by atoms with E-state index in [1.165, 1.54) is 6.08 Å². The molecule has 0 atom stereocenters. The Morgan fingerprint density at radius 2 is 2.27 bits per heavy atom. The molecule has 0 amide bonds. The van der Waals surface area contributed by atoms with Gasteiger partial charge >= 0.3 is 0 Å². The summed E-state index contributed by atoms with van der Waals surface area (Å²) in [5.41, 5.74) is 0. The first-order valence-corrected chi connectivity index (χ1v) is 3.96. The fraction of sp³-hybridized carbons (Fsp3) is 0.500. The van der Waals surface area contributed by atoms with Gasteiger partial charge in [0.25, 0.3) is 0 Å². The first-order chi connectivity index (χ1) is 5.31. The third-order valence-corrected chi connectivity index (χ3v) is 1.18. The Kier molecular flexibility index (Phi) is 6.42. The van der Waals surface area contributed by atoms with Gasteiger partial charge in [0, 0.05) is 6.42 Å². The molecule has 0 fully saturated rings. The van der Waals surface area contributed by atoms with E-state index in [1.807, 2.05) is 6.92 Å². The van der Waals surface area contributed by atoms with Crippen molar-refractivity contribution in [1.29, 1.82) is 0 Å². The molecule has 0 rings (SSSR count). The van der Waals surface area contributed by atoms with Gasteiger partial charge in [-0.15, -0.1) is 0 Å². The third kappa shape index (κ3) is 6.86. The van der Waals surface area contributed by atoms with Crippen LogP contribution < -0.4 is 0 Å². The lowest BCUT2D eigenvalue weighted by Crippen LogP contribution is -1.84. The molecule has 0 aliphatic rings. The Morgan fingerprint density at radius 1 is 1.55 bits per heavy atom. The Labute approximate surface area is 68.5 Å². The predicted molar refractivity (Wildman–Crippen MR) is 47.1 cm³/mol. The average Bonchev–Trinajstić information content (AvgIpc) is 1.99. The summed E-state index contributed by atoms with van der Waals surface area (Å²) in [4.78, 5) is 10.7. The van der Waals surface area contributed by atoms with Gasteiger partial charge in [0.05, 0.1) is 0 Å². The van der Waals surface area contributed by atoms with Crippen LogP contribution in [-0.4, -0.2) is 5.78 Å². The standard InChI is InChI=1S/C10H14O/c1-3-5-6-7-9-10(11)8-4-2/h4,8H,3,5-6H2,1-2H3. The topological polar surface area (TPSA) is 17.1 Å². The second kappa shape index (κ2) is 7.08. The highest BCUT2D eigenvalue weighted by atomic mass is 16.1. The first-order valence-electron chi connectivity index (χ1n) is 3.96. The summed E-state index contributed by atoms with van der Waals surface area (Å²) in [7, 11) is 0. The van der Waals surface area contributed by atoms with Gasteiger partial charge in [-0.05, 0) is 25.3 Å². The van der Waals surface area contributed by atoms with Crippen molar-refractivity contribution in [1.82, 2.24) is 0 Å². The second-order valence-corrected chi connectivity index (χ2v) is 2.27. The van der Waals surface area contributed by atoms with E-state index in [0.717, 1.165) is 19.3 Å². The van der Waals surface area contributed by atoms with E-state index in [2.05, 4.69) is 18.8 Å². The summed E-state index contributed by atoms with van der Waals surface area (Å²) in [6.45, 7) is 3.92. The smallest absolute Gasteiger partial charge is 0.228 e. The Hall–Kier alpha value is -1.03. The van der Waals surface area contributed by atoms with E-state index < -0.39 is 0 Å². The van der Waals surface area contributed by atoms with E-state index in [1.54, 1.807) is 6.08 Å². The first kappa shape index (κ1) is 9.97. The summed E-state index contributed by atoms with van der Waals surface area (Å²) in [5.74, 6) is 5.27. The fourth-order valence-corrected chi connectivity index (χ4v) is 0.608. The minimum absolute atomic E-state index is 0.0939. The minimum atomic E-state index is -0.0939. The maximum Gasteiger partial charge on any atom is 0.228 e. The van der Waals surface area contributed by atoms with Crippen molar-refractivity contribution in [3.05, 3.63) is 12.2 Å². The van der Waals surface area contributed by atoms with E-state index >= 15 is 0 Å². The SMILES string of the molecule is CC=CC(=O)C#CCCCC. The molecule has 0 aromatic heterocycles. The molecule has 0 saturated heterocycles. The van der Waals surface area contributed by atoms with Crippen LogP contribution in [0, 0.1) is 11.8 Å². The summed E-state index contributed by atoms with van der Waals surface area (Å²) in [5, 5.41) is 0. The number of carbonyl (C=O) groups excluding carboxylic acids is 1. The molecule has 11 heavy (non-hydrogen) atoms. The number of hydrogen-bond acceptors (Lipinski definition) is 1. The molecular formula is C10H14O. The molecule has 0 aliphatic heterocycles. The maximum atomic E-state index is 10.7. The molecule has 1 nitrogen and oxygen atoms in total. The zero-order valence-corrected chi connectivity index (χ0v) is 7.18. The van der Waals surface area contributed by atoms with Gasteiger partial charge in [-0.1, -0.05) is 25.3 Å². The number of allylic oxidation sites excluding steroid dienone is 2. The van der Waals surface area contributed by atoms with Crippen LogP contribution in [0.2, 0.25) is 0 Å². The molecule has 60 valence electrons. The van der Waals surface area contributed by atoms with E-state index in [-0.39, 0.29) is 5.78 Å². The van der Waals surface area contributed by atoms with Crippen molar-refractivity contribution in [2.24, 2.45) is 0 Å².